The normalized spacial score (nSPS) is 10.6. The van der Waals surface area contributed by atoms with Crippen LogP contribution in [0.5, 0.6) is 11.5 Å². The number of phenols is 1. The Hall–Kier alpha value is -2.53. The van der Waals surface area contributed by atoms with Crippen LogP contribution in [0.2, 0.25) is 5.02 Å². The molecule has 1 amide bonds. The largest absolute Gasteiger partial charge is 0.504 e. The highest BCUT2D eigenvalue weighted by Crippen LogP contribution is 2.26. The Kier molecular flexibility index (Phi) is 5.38. The van der Waals surface area contributed by atoms with E-state index in [0.29, 0.717) is 28.5 Å². The van der Waals surface area contributed by atoms with Crippen molar-refractivity contribution in [2.45, 2.75) is 6.92 Å². The first-order valence-corrected chi connectivity index (χ1v) is 7.02. The standard InChI is InChI=1S/C16H15ClN2O3/c1-2-22-15-8-11(6-7-14(15)20)10-18-19-16(21)12-4-3-5-13(17)9-12/h3-10,20H,2H2,1H3,(H,19,21). The summed E-state index contributed by atoms with van der Waals surface area (Å²) in [7, 11) is 0. The molecule has 2 aromatic carbocycles. The molecule has 0 heterocycles. The maximum absolute atomic E-state index is 11.9. The Morgan fingerprint density at radius 3 is 2.91 bits per heavy atom. The molecule has 0 aromatic heterocycles. The Bertz CT molecular complexity index is 702. The zero-order valence-electron chi connectivity index (χ0n) is 11.9. The number of ether oxygens (including phenoxy) is 1. The molecule has 2 N–H and O–H groups in total. The average Bonchev–Trinajstić information content (AvgIpc) is 2.50. The van der Waals surface area contributed by atoms with Crippen molar-refractivity contribution < 1.29 is 14.6 Å². The first-order chi connectivity index (χ1) is 10.6. The minimum atomic E-state index is -0.359. The summed E-state index contributed by atoms with van der Waals surface area (Å²) < 4.78 is 5.27. The summed E-state index contributed by atoms with van der Waals surface area (Å²) in [6, 6.07) is 11.4. The van der Waals surface area contributed by atoms with Crippen molar-refractivity contribution in [3.8, 4) is 11.5 Å². The lowest BCUT2D eigenvalue weighted by Gasteiger charge is -2.06. The van der Waals surface area contributed by atoms with Gasteiger partial charge in [-0.15, -0.1) is 0 Å². The Morgan fingerprint density at radius 1 is 1.36 bits per heavy atom. The van der Waals surface area contributed by atoms with Gasteiger partial charge in [0.05, 0.1) is 12.8 Å². The van der Waals surface area contributed by atoms with E-state index in [2.05, 4.69) is 10.5 Å². The van der Waals surface area contributed by atoms with E-state index < -0.39 is 0 Å². The highest BCUT2D eigenvalue weighted by atomic mass is 35.5. The van der Waals surface area contributed by atoms with Gasteiger partial charge in [0.2, 0.25) is 0 Å². The van der Waals surface area contributed by atoms with Crippen LogP contribution in [0.3, 0.4) is 0 Å². The number of hydrogen-bond donors (Lipinski definition) is 2. The lowest BCUT2D eigenvalue weighted by Crippen LogP contribution is -2.17. The van der Waals surface area contributed by atoms with Gasteiger partial charge in [0.1, 0.15) is 0 Å². The predicted octanol–water partition coefficient (Wildman–Crippen LogP) is 3.21. The van der Waals surface area contributed by atoms with Gasteiger partial charge >= 0.3 is 0 Å². The molecular formula is C16H15ClN2O3. The second-order valence-electron chi connectivity index (χ2n) is 4.37. The van der Waals surface area contributed by atoms with Crippen LogP contribution in [0.25, 0.3) is 0 Å². The summed E-state index contributed by atoms with van der Waals surface area (Å²) in [6.45, 7) is 2.27. The van der Waals surface area contributed by atoms with Crippen molar-refractivity contribution in [1.82, 2.24) is 5.43 Å². The van der Waals surface area contributed by atoms with E-state index in [0.717, 1.165) is 0 Å². The summed E-state index contributed by atoms with van der Waals surface area (Å²) in [6.07, 6.45) is 1.46. The molecule has 22 heavy (non-hydrogen) atoms. The fourth-order valence-corrected chi connectivity index (χ4v) is 1.93. The molecule has 0 aliphatic heterocycles. The van der Waals surface area contributed by atoms with Gasteiger partial charge in [0.15, 0.2) is 11.5 Å². The molecule has 5 nitrogen and oxygen atoms in total. The number of rotatable bonds is 5. The van der Waals surface area contributed by atoms with Crippen LogP contribution in [0.1, 0.15) is 22.8 Å². The van der Waals surface area contributed by atoms with Crippen molar-refractivity contribution >= 4 is 23.7 Å². The molecule has 0 saturated carbocycles. The average molecular weight is 319 g/mol. The third kappa shape index (κ3) is 4.23. The molecule has 0 fully saturated rings. The molecule has 2 aromatic rings. The van der Waals surface area contributed by atoms with Gasteiger partial charge < -0.3 is 9.84 Å². The van der Waals surface area contributed by atoms with Gasteiger partial charge in [-0.05, 0) is 48.9 Å². The number of benzene rings is 2. The molecule has 0 radical (unpaired) electrons. The maximum atomic E-state index is 11.9. The van der Waals surface area contributed by atoms with Crippen molar-refractivity contribution in [2.75, 3.05) is 6.61 Å². The van der Waals surface area contributed by atoms with Crippen LogP contribution >= 0.6 is 11.6 Å². The number of nitrogens with zero attached hydrogens (tertiary/aromatic N) is 1. The van der Waals surface area contributed by atoms with E-state index in [1.807, 2.05) is 6.92 Å². The van der Waals surface area contributed by atoms with Crippen molar-refractivity contribution in [3.05, 3.63) is 58.6 Å². The SMILES string of the molecule is CCOc1cc(C=NNC(=O)c2cccc(Cl)c2)ccc1O. The third-order valence-corrected chi connectivity index (χ3v) is 2.99. The Labute approximate surface area is 133 Å². The van der Waals surface area contributed by atoms with E-state index in [4.69, 9.17) is 16.3 Å². The van der Waals surface area contributed by atoms with Crippen molar-refractivity contribution in [1.29, 1.82) is 0 Å². The van der Waals surface area contributed by atoms with Crippen molar-refractivity contribution in [2.24, 2.45) is 5.10 Å². The molecule has 0 saturated heterocycles. The summed E-state index contributed by atoms with van der Waals surface area (Å²) in [5.74, 6) is 0.0668. The van der Waals surface area contributed by atoms with E-state index >= 15 is 0 Å². The van der Waals surface area contributed by atoms with Crippen LogP contribution < -0.4 is 10.2 Å². The predicted molar refractivity (Wildman–Crippen MR) is 85.8 cm³/mol. The van der Waals surface area contributed by atoms with Gasteiger partial charge in [-0.25, -0.2) is 5.43 Å². The quantitative estimate of drug-likeness (QED) is 0.657. The van der Waals surface area contributed by atoms with Crippen molar-refractivity contribution in [3.63, 3.8) is 0 Å². The number of hydrogen-bond acceptors (Lipinski definition) is 4. The minimum absolute atomic E-state index is 0.0574. The highest BCUT2D eigenvalue weighted by Gasteiger charge is 2.05. The molecule has 2 rings (SSSR count). The van der Waals surface area contributed by atoms with Crippen LogP contribution in [0.15, 0.2) is 47.6 Å². The molecule has 6 heteroatoms. The molecular weight excluding hydrogens is 304 g/mol. The summed E-state index contributed by atoms with van der Waals surface area (Å²) in [5.41, 5.74) is 3.52. The molecule has 0 aliphatic carbocycles. The number of hydrazone groups is 1. The summed E-state index contributed by atoms with van der Waals surface area (Å²) >= 11 is 5.82. The van der Waals surface area contributed by atoms with Gasteiger partial charge in [0, 0.05) is 10.6 Å². The molecule has 0 spiro atoms. The zero-order valence-corrected chi connectivity index (χ0v) is 12.7. The van der Waals surface area contributed by atoms with Gasteiger partial charge in [-0.1, -0.05) is 17.7 Å². The topological polar surface area (TPSA) is 70.9 Å². The van der Waals surface area contributed by atoms with Crippen LogP contribution in [-0.4, -0.2) is 23.8 Å². The number of aromatic hydroxyl groups is 1. The molecule has 114 valence electrons. The van der Waals surface area contributed by atoms with Crippen LogP contribution in [-0.2, 0) is 0 Å². The van der Waals surface area contributed by atoms with E-state index in [9.17, 15) is 9.90 Å². The van der Waals surface area contributed by atoms with Gasteiger partial charge in [-0.2, -0.15) is 5.10 Å². The fraction of sp³-hybridized carbons (Fsp3) is 0.125. The summed E-state index contributed by atoms with van der Waals surface area (Å²) in [4.78, 5) is 11.9. The van der Waals surface area contributed by atoms with Crippen LogP contribution in [0.4, 0.5) is 0 Å². The number of amides is 1. The number of nitrogens with one attached hydrogen (secondary N) is 1. The van der Waals surface area contributed by atoms with E-state index in [1.54, 1.807) is 36.4 Å². The van der Waals surface area contributed by atoms with Crippen LogP contribution in [0, 0.1) is 0 Å². The second kappa shape index (κ2) is 7.47. The first kappa shape index (κ1) is 15.9. The van der Waals surface area contributed by atoms with Gasteiger partial charge in [0.25, 0.3) is 5.91 Å². The molecule has 0 unspecified atom stereocenters. The fourth-order valence-electron chi connectivity index (χ4n) is 1.74. The second-order valence-corrected chi connectivity index (χ2v) is 4.81. The lowest BCUT2D eigenvalue weighted by molar-refractivity contribution is 0.0955. The smallest absolute Gasteiger partial charge is 0.271 e. The van der Waals surface area contributed by atoms with E-state index in [1.165, 1.54) is 12.3 Å². The number of carbonyl (C=O) groups excluding carboxylic acids is 1. The maximum Gasteiger partial charge on any atom is 0.271 e. The lowest BCUT2D eigenvalue weighted by atomic mass is 10.2. The number of halogens is 1. The van der Waals surface area contributed by atoms with Gasteiger partial charge in [-0.3, -0.25) is 4.79 Å². The monoisotopic (exact) mass is 318 g/mol. The highest BCUT2D eigenvalue weighted by molar-refractivity contribution is 6.30. The third-order valence-electron chi connectivity index (χ3n) is 2.75. The minimum Gasteiger partial charge on any atom is -0.504 e. The molecule has 0 bridgehead atoms. The molecule has 0 atom stereocenters. The summed E-state index contributed by atoms with van der Waals surface area (Å²) in [5, 5.41) is 14.0. The Morgan fingerprint density at radius 2 is 2.18 bits per heavy atom. The molecule has 0 aliphatic rings. The zero-order chi connectivity index (χ0) is 15.9. The van der Waals surface area contributed by atoms with E-state index in [-0.39, 0.29) is 11.7 Å². The Balaban J connectivity index is 2.03. The number of carbonyl (C=O) groups is 1. The first-order valence-electron chi connectivity index (χ1n) is 6.65. The number of phenolic OH excluding ortho intramolecular Hbond substituents is 1.